The summed E-state index contributed by atoms with van der Waals surface area (Å²) in [6.45, 7) is 7.37. The second-order valence-electron chi connectivity index (χ2n) is 5.69. The number of rotatable bonds is 8. The van der Waals surface area contributed by atoms with Crippen molar-refractivity contribution in [3.63, 3.8) is 0 Å². The quantitative estimate of drug-likeness (QED) is 0.758. The van der Waals surface area contributed by atoms with Crippen LogP contribution in [0.15, 0.2) is 24.3 Å². The van der Waals surface area contributed by atoms with Crippen LogP contribution in [0.1, 0.15) is 58.1 Å². The largest absolute Gasteiger partial charge is 0.329 e. The number of benzene rings is 1. The molecule has 0 amide bonds. The summed E-state index contributed by atoms with van der Waals surface area (Å²) in [5.74, 6) is 0. The molecular weight excluding hydrogens is 268 g/mol. The number of unbranched alkanes of at least 4 members (excludes halogenated alkanes) is 1. The molecule has 2 N–H and O–H groups in total. The van der Waals surface area contributed by atoms with Crippen LogP contribution in [0.3, 0.4) is 0 Å². The van der Waals surface area contributed by atoms with Crippen molar-refractivity contribution in [1.29, 1.82) is 0 Å². The SMILES string of the molecule is CCCCC(CC)(CN)N(C)C(C)c1ccccc1Cl. The number of nitrogens with two attached hydrogens (primary N) is 1. The molecule has 1 aromatic rings. The Labute approximate surface area is 129 Å². The lowest BCUT2D eigenvalue weighted by molar-refractivity contribution is 0.0694. The van der Waals surface area contributed by atoms with E-state index in [1.165, 1.54) is 18.4 Å². The minimum Gasteiger partial charge on any atom is -0.329 e. The van der Waals surface area contributed by atoms with Gasteiger partial charge in [0.05, 0.1) is 0 Å². The zero-order valence-corrected chi connectivity index (χ0v) is 14.1. The molecule has 2 atom stereocenters. The van der Waals surface area contributed by atoms with Gasteiger partial charge in [0.1, 0.15) is 0 Å². The Balaban J connectivity index is 2.99. The van der Waals surface area contributed by atoms with E-state index in [4.69, 9.17) is 17.3 Å². The maximum atomic E-state index is 6.35. The summed E-state index contributed by atoms with van der Waals surface area (Å²) < 4.78 is 0. The highest BCUT2D eigenvalue weighted by Gasteiger charge is 2.34. The Kier molecular flexibility index (Phi) is 7.01. The summed E-state index contributed by atoms with van der Waals surface area (Å²) in [5, 5.41) is 0.837. The molecule has 0 aliphatic rings. The third-order valence-electron chi connectivity index (χ3n) is 4.72. The molecule has 1 aromatic carbocycles. The lowest BCUT2D eigenvalue weighted by Crippen LogP contribution is -2.52. The fraction of sp³-hybridized carbons (Fsp3) is 0.647. The van der Waals surface area contributed by atoms with Crippen LogP contribution in [0.4, 0.5) is 0 Å². The molecule has 0 saturated carbocycles. The minimum absolute atomic E-state index is 0.0641. The van der Waals surface area contributed by atoms with Gasteiger partial charge in [0, 0.05) is 23.1 Å². The molecule has 0 aliphatic carbocycles. The van der Waals surface area contributed by atoms with Gasteiger partial charge in [-0.2, -0.15) is 0 Å². The van der Waals surface area contributed by atoms with Gasteiger partial charge in [-0.3, -0.25) is 4.90 Å². The predicted octanol–water partition coefficient (Wildman–Crippen LogP) is 4.63. The van der Waals surface area contributed by atoms with Gasteiger partial charge in [-0.1, -0.05) is 56.5 Å². The molecule has 20 heavy (non-hydrogen) atoms. The average molecular weight is 297 g/mol. The van der Waals surface area contributed by atoms with Crippen molar-refractivity contribution < 1.29 is 0 Å². The van der Waals surface area contributed by atoms with E-state index in [-0.39, 0.29) is 11.6 Å². The maximum absolute atomic E-state index is 6.35. The molecule has 0 aromatic heterocycles. The molecule has 0 saturated heterocycles. The van der Waals surface area contributed by atoms with Crippen LogP contribution in [-0.2, 0) is 0 Å². The van der Waals surface area contributed by atoms with Gasteiger partial charge in [0.2, 0.25) is 0 Å². The monoisotopic (exact) mass is 296 g/mol. The lowest BCUT2D eigenvalue weighted by Gasteiger charge is -2.44. The fourth-order valence-corrected chi connectivity index (χ4v) is 3.23. The number of likely N-dealkylation sites (N-methyl/N-ethyl adjacent to an activating group) is 1. The van der Waals surface area contributed by atoms with Gasteiger partial charge in [-0.05, 0) is 38.4 Å². The summed E-state index contributed by atoms with van der Waals surface area (Å²) in [6, 6.07) is 8.37. The second kappa shape index (κ2) is 8.02. The van der Waals surface area contributed by atoms with Gasteiger partial charge in [-0.25, -0.2) is 0 Å². The van der Waals surface area contributed by atoms with Crippen LogP contribution in [-0.4, -0.2) is 24.0 Å². The number of halogens is 1. The molecule has 0 aliphatic heterocycles. The molecule has 2 nitrogen and oxygen atoms in total. The van der Waals surface area contributed by atoms with E-state index in [9.17, 15) is 0 Å². The summed E-state index contributed by atoms with van der Waals surface area (Å²) in [6.07, 6.45) is 4.62. The Morgan fingerprint density at radius 2 is 1.95 bits per heavy atom. The first kappa shape index (κ1) is 17.5. The summed E-state index contributed by atoms with van der Waals surface area (Å²) >= 11 is 6.35. The van der Waals surface area contributed by atoms with Gasteiger partial charge >= 0.3 is 0 Å². The van der Waals surface area contributed by atoms with Crippen molar-refractivity contribution in [2.45, 2.75) is 58.0 Å². The normalized spacial score (nSPS) is 16.1. The highest BCUT2D eigenvalue weighted by Crippen LogP contribution is 2.34. The smallest absolute Gasteiger partial charge is 0.0453 e. The third-order valence-corrected chi connectivity index (χ3v) is 5.06. The van der Waals surface area contributed by atoms with E-state index < -0.39 is 0 Å². The van der Waals surface area contributed by atoms with Crippen LogP contribution in [0, 0.1) is 0 Å². The molecule has 2 unspecified atom stereocenters. The summed E-state index contributed by atoms with van der Waals surface area (Å²) in [7, 11) is 2.18. The first-order valence-electron chi connectivity index (χ1n) is 7.69. The number of hydrogen-bond acceptors (Lipinski definition) is 2. The molecule has 0 bridgehead atoms. The first-order chi connectivity index (χ1) is 9.52. The van der Waals surface area contributed by atoms with Crippen LogP contribution >= 0.6 is 11.6 Å². The van der Waals surface area contributed by atoms with Crippen LogP contribution < -0.4 is 5.73 Å². The Bertz CT molecular complexity index is 402. The molecule has 0 fully saturated rings. The number of nitrogens with zero attached hydrogens (tertiary/aromatic N) is 1. The van der Waals surface area contributed by atoms with Gasteiger partial charge in [0.25, 0.3) is 0 Å². The highest BCUT2D eigenvalue weighted by molar-refractivity contribution is 6.31. The van der Waals surface area contributed by atoms with Crippen molar-refractivity contribution in [3.8, 4) is 0 Å². The Morgan fingerprint density at radius 3 is 2.45 bits per heavy atom. The van der Waals surface area contributed by atoms with E-state index in [0.717, 1.165) is 17.9 Å². The second-order valence-corrected chi connectivity index (χ2v) is 6.10. The van der Waals surface area contributed by atoms with Crippen LogP contribution in [0.25, 0.3) is 0 Å². The summed E-state index contributed by atoms with van der Waals surface area (Å²) in [5.41, 5.74) is 7.38. The first-order valence-corrected chi connectivity index (χ1v) is 8.07. The minimum atomic E-state index is 0.0641. The molecule has 114 valence electrons. The van der Waals surface area contributed by atoms with Crippen molar-refractivity contribution >= 4 is 11.6 Å². The molecule has 1 rings (SSSR count). The van der Waals surface area contributed by atoms with E-state index >= 15 is 0 Å². The molecule has 0 heterocycles. The lowest BCUT2D eigenvalue weighted by atomic mass is 9.86. The van der Waals surface area contributed by atoms with E-state index in [0.29, 0.717) is 6.54 Å². The van der Waals surface area contributed by atoms with Crippen molar-refractivity contribution in [2.75, 3.05) is 13.6 Å². The molecular formula is C17H29ClN2. The Morgan fingerprint density at radius 1 is 1.30 bits per heavy atom. The van der Waals surface area contributed by atoms with Gasteiger partial charge in [0.15, 0.2) is 0 Å². The zero-order chi connectivity index (χ0) is 15.2. The van der Waals surface area contributed by atoms with Crippen molar-refractivity contribution in [3.05, 3.63) is 34.9 Å². The van der Waals surface area contributed by atoms with Gasteiger partial charge < -0.3 is 5.73 Å². The van der Waals surface area contributed by atoms with Crippen molar-refractivity contribution in [1.82, 2.24) is 4.90 Å². The highest BCUT2D eigenvalue weighted by atomic mass is 35.5. The van der Waals surface area contributed by atoms with E-state index in [1.54, 1.807) is 0 Å². The van der Waals surface area contributed by atoms with E-state index in [1.807, 2.05) is 18.2 Å². The zero-order valence-electron chi connectivity index (χ0n) is 13.3. The Hall–Kier alpha value is -0.570. The van der Waals surface area contributed by atoms with E-state index in [2.05, 4.69) is 38.8 Å². The molecule has 3 heteroatoms. The van der Waals surface area contributed by atoms with Crippen LogP contribution in [0.5, 0.6) is 0 Å². The average Bonchev–Trinajstić information content (AvgIpc) is 2.48. The maximum Gasteiger partial charge on any atom is 0.0453 e. The van der Waals surface area contributed by atoms with Gasteiger partial charge in [-0.15, -0.1) is 0 Å². The fourth-order valence-electron chi connectivity index (χ4n) is 2.93. The standard InChI is InChI=1S/C17H29ClN2/c1-5-7-12-17(6-2,13-19)20(4)14(3)15-10-8-9-11-16(15)18/h8-11,14H,5-7,12-13,19H2,1-4H3. The van der Waals surface area contributed by atoms with Crippen LogP contribution in [0.2, 0.25) is 5.02 Å². The third kappa shape index (κ3) is 3.75. The molecule has 0 radical (unpaired) electrons. The topological polar surface area (TPSA) is 29.3 Å². The number of hydrogen-bond donors (Lipinski definition) is 1. The summed E-state index contributed by atoms with van der Waals surface area (Å²) in [4.78, 5) is 2.42. The predicted molar refractivity (Wildman–Crippen MR) is 89.2 cm³/mol. The molecule has 0 spiro atoms. The van der Waals surface area contributed by atoms with Crippen molar-refractivity contribution in [2.24, 2.45) is 5.73 Å².